The quantitative estimate of drug-likeness (QED) is 0.908. The van der Waals surface area contributed by atoms with E-state index in [0.717, 1.165) is 17.1 Å². The molecule has 0 saturated heterocycles. The molecular weight excluding hydrogens is 280 g/mol. The van der Waals surface area contributed by atoms with Gasteiger partial charge < -0.3 is 14.8 Å². The zero-order chi connectivity index (χ0) is 15.0. The summed E-state index contributed by atoms with van der Waals surface area (Å²) in [6.07, 6.45) is 0. The Morgan fingerprint density at radius 1 is 1.15 bits per heavy atom. The molecular formula is C13H14N2O4S. The highest BCUT2D eigenvalue weighted by molar-refractivity contribution is 7.11. The lowest BCUT2D eigenvalue weighted by Crippen LogP contribution is -2.15. The van der Waals surface area contributed by atoms with E-state index >= 15 is 0 Å². The molecule has 0 atom stereocenters. The molecule has 7 heteroatoms. The van der Waals surface area contributed by atoms with E-state index in [-0.39, 0.29) is 16.5 Å². The number of rotatable bonds is 3. The number of carbonyl (C=O) groups excluding carboxylic acids is 1. The Morgan fingerprint density at radius 3 is 2.30 bits per heavy atom. The maximum absolute atomic E-state index is 12.3. The molecule has 0 aliphatic carbocycles. The Hall–Kier alpha value is -2.15. The zero-order valence-electron chi connectivity index (χ0n) is 11.5. The zero-order valence-corrected chi connectivity index (χ0v) is 12.3. The van der Waals surface area contributed by atoms with E-state index in [2.05, 4.69) is 9.69 Å². The molecule has 20 heavy (non-hydrogen) atoms. The van der Waals surface area contributed by atoms with Crippen molar-refractivity contribution >= 4 is 28.4 Å². The second kappa shape index (κ2) is 5.09. The topological polar surface area (TPSA) is 92.4 Å². The lowest BCUT2D eigenvalue weighted by Gasteiger charge is -2.04. The average molecular weight is 294 g/mol. The predicted octanol–water partition coefficient (Wildman–Crippen LogP) is 2.92. The molecule has 2 heterocycles. The van der Waals surface area contributed by atoms with E-state index in [1.165, 1.54) is 0 Å². The largest absolute Gasteiger partial charge is 0.478 e. The van der Waals surface area contributed by atoms with Crippen molar-refractivity contribution in [3.05, 3.63) is 33.9 Å². The van der Waals surface area contributed by atoms with E-state index in [1.54, 1.807) is 27.7 Å². The van der Waals surface area contributed by atoms with Crippen molar-refractivity contribution in [2.75, 3.05) is 5.32 Å². The number of hydrogen-bond donors (Lipinski definition) is 2. The summed E-state index contributed by atoms with van der Waals surface area (Å²) >= 11 is 0.953. The minimum absolute atomic E-state index is 0.0267. The lowest BCUT2D eigenvalue weighted by molar-refractivity contribution is 0.0697. The molecule has 0 radical (unpaired) electrons. The number of aryl methyl sites for hydroxylation is 3. The normalized spacial score (nSPS) is 10.6. The molecule has 1 amide bonds. The molecule has 0 saturated carbocycles. The number of amides is 1. The first kappa shape index (κ1) is 14.3. The van der Waals surface area contributed by atoms with Crippen LogP contribution in [0.5, 0.6) is 0 Å². The van der Waals surface area contributed by atoms with Gasteiger partial charge in [0, 0.05) is 5.56 Å². The summed E-state index contributed by atoms with van der Waals surface area (Å²) in [6.45, 7) is 6.86. The van der Waals surface area contributed by atoms with E-state index in [4.69, 9.17) is 9.52 Å². The Morgan fingerprint density at radius 2 is 1.80 bits per heavy atom. The third kappa shape index (κ3) is 2.32. The molecule has 0 aliphatic rings. The summed E-state index contributed by atoms with van der Waals surface area (Å²) in [5.74, 6) is -0.312. The summed E-state index contributed by atoms with van der Waals surface area (Å²) in [5.41, 5.74) is 1.59. The molecule has 106 valence electrons. The van der Waals surface area contributed by atoms with Crippen LogP contribution in [0.4, 0.5) is 5.00 Å². The van der Waals surface area contributed by atoms with Crippen molar-refractivity contribution in [1.82, 2.24) is 4.37 Å². The number of carboxylic acids is 1. The van der Waals surface area contributed by atoms with Gasteiger partial charge in [-0.2, -0.15) is 4.37 Å². The Bertz CT molecular complexity index is 700. The van der Waals surface area contributed by atoms with Crippen molar-refractivity contribution < 1.29 is 19.1 Å². The number of carbonyl (C=O) groups is 2. The summed E-state index contributed by atoms with van der Waals surface area (Å²) in [6, 6.07) is 0. The monoisotopic (exact) mass is 294 g/mol. The number of nitrogens with zero attached hydrogens (tertiary/aromatic N) is 1. The highest BCUT2D eigenvalue weighted by Crippen LogP contribution is 2.27. The highest BCUT2D eigenvalue weighted by atomic mass is 32.1. The second-order valence-electron chi connectivity index (χ2n) is 4.45. The first-order chi connectivity index (χ1) is 9.32. The third-order valence-electron chi connectivity index (χ3n) is 3.09. The first-order valence-electron chi connectivity index (χ1n) is 5.90. The molecule has 2 rings (SSSR count). The average Bonchev–Trinajstić information content (AvgIpc) is 2.81. The van der Waals surface area contributed by atoms with Gasteiger partial charge in [0.1, 0.15) is 22.1 Å². The molecule has 2 aromatic rings. The Balaban J connectivity index is 2.36. The lowest BCUT2D eigenvalue weighted by atomic mass is 10.1. The predicted molar refractivity (Wildman–Crippen MR) is 74.7 cm³/mol. The molecule has 0 fully saturated rings. The fraction of sp³-hybridized carbons (Fsp3) is 0.308. The van der Waals surface area contributed by atoms with E-state index in [0.29, 0.717) is 22.8 Å². The SMILES string of the molecule is Cc1nsc(NC(=O)c2c(C)oc(C)c2C)c1C(=O)O. The van der Waals surface area contributed by atoms with Gasteiger partial charge in [0.25, 0.3) is 5.91 Å². The molecule has 0 bridgehead atoms. The van der Waals surface area contributed by atoms with Gasteiger partial charge in [-0.25, -0.2) is 4.79 Å². The first-order valence-corrected chi connectivity index (χ1v) is 6.67. The minimum Gasteiger partial charge on any atom is -0.478 e. The van der Waals surface area contributed by atoms with E-state index < -0.39 is 5.97 Å². The summed E-state index contributed by atoms with van der Waals surface area (Å²) in [4.78, 5) is 23.4. The van der Waals surface area contributed by atoms with Gasteiger partial charge in [0.05, 0.1) is 11.3 Å². The maximum atomic E-state index is 12.3. The van der Waals surface area contributed by atoms with Crippen LogP contribution in [0, 0.1) is 27.7 Å². The smallest absolute Gasteiger partial charge is 0.340 e. The summed E-state index contributed by atoms with van der Waals surface area (Å²) in [7, 11) is 0. The van der Waals surface area contributed by atoms with Crippen LogP contribution in [0.15, 0.2) is 4.42 Å². The van der Waals surface area contributed by atoms with Gasteiger partial charge in [0.2, 0.25) is 0 Å². The molecule has 0 aliphatic heterocycles. The van der Waals surface area contributed by atoms with Crippen LogP contribution in [0.3, 0.4) is 0 Å². The van der Waals surface area contributed by atoms with Gasteiger partial charge in [-0.05, 0) is 39.2 Å². The standard InChI is InChI=1S/C13H14N2O4S/c1-5-7(3)19-8(4)9(5)11(16)14-12-10(13(17)18)6(2)15-20-12/h1-4H3,(H,14,16)(H,17,18). The molecule has 0 unspecified atom stereocenters. The van der Waals surface area contributed by atoms with Gasteiger partial charge in [-0.15, -0.1) is 0 Å². The van der Waals surface area contributed by atoms with Gasteiger partial charge in [-0.1, -0.05) is 0 Å². The van der Waals surface area contributed by atoms with Crippen LogP contribution < -0.4 is 5.32 Å². The van der Waals surface area contributed by atoms with Crippen molar-refractivity contribution in [3.8, 4) is 0 Å². The van der Waals surface area contributed by atoms with Crippen LogP contribution in [0.1, 0.15) is 43.5 Å². The number of aromatic carboxylic acids is 1. The van der Waals surface area contributed by atoms with Crippen LogP contribution in [0.25, 0.3) is 0 Å². The fourth-order valence-electron chi connectivity index (χ4n) is 2.00. The number of aromatic nitrogens is 1. The Labute approximate surface area is 119 Å². The number of carboxylic acid groups (broad SMARTS) is 1. The maximum Gasteiger partial charge on any atom is 0.340 e. The van der Waals surface area contributed by atoms with E-state index in [9.17, 15) is 9.59 Å². The van der Waals surface area contributed by atoms with Crippen molar-refractivity contribution in [2.45, 2.75) is 27.7 Å². The number of hydrogen-bond acceptors (Lipinski definition) is 5. The van der Waals surface area contributed by atoms with Gasteiger partial charge >= 0.3 is 5.97 Å². The fourth-order valence-corrected chi connectivity index (χ4v) is 2.78. The van der Waals surface area contributed by atoms with Crippen molar-refractivity contribution in [2.24, 2.45) is 0 Å². The van der Waals surface area contributed by atoms with Gasteiger partial charge in [0.15, 0.2) is 0 Å². The minimum atomic E-state index is -1.11. The molecule has 2 N–H and O–H groups in total. The van der Waals surface area contributed by atoms with Gasteiger partial charge in [-0.3, -0.25) is 4.79 Å². The second-order valence-corrected chi connectivity index (χ2v) is 5.22. The summed E-state index contributed by atoms with van der Waals surface area (Å²) < 4.78 is 9.35. The van der Waals surface area contributed by atoms with Crippen LogP contribution in [0.2, 0.25) is 0 Å². The number of nitrogens with one attached hydrogen (secondary N) is 1. The molecule has 6 nitrogen and oxygen atoms in total. The van der Waals surface area contributed by atoms with Crippen molar-refractivity contribution in [3.63, 3.8) is 0 Å². The number of furan rings is 1. The third-order valence-corrected chi connectivity index (χ3v) is 3.95. The van der Waals surface area contributed by atoms with Crippen LogP contribution in [-0.4, -0.2) is 21.4 Å². The number of anilines is 1. The Kier molecular flexibility index (Phi) is 3.63. The molecule has 0 spiro atoms. The molecule has 0 aromatic carbocycles. The highest BCUT2D eigenvalue weighted by Gasteiger charge is 2.23. The summed E-state index contributed by atoms with van der Waals surface area (Å²) in [5, 5.41) is 12.0. The van der Waals surface area contributed by atoms with Crippen LogP contribution in [-0.2, 0) is 0 Å². The van der Waals surface area contributed by atoms with Crippen LogP contribution >= 0.6 is 11.5 Å². The molecule has 2 aromatic heterocycles. The van der Waals surface area contributed by atoms with E-state index in [1.807, 2.05) is 0 Å². The van der Waals surface area contributed by atoms with Crippen molar-refractivity contribution in [1.29, 1.82) is 0 Å².